The molecule has 5 nitrogen and oxygen atoms in total. The molecule has 3 rings (SSSR count). The molecule has 2 atom stereocenters. The topological polar surface area (TPSA) is 59.4 Å². The molecule has 22 heavy (non-hydrogen) atoms. The molecule has 2 aliphatic rings. The van der Waals surface area contributed by atoms with Gasteiger partial charge >= 0.3 is 0 Å². The smallest absolute Gasteiger partial charge is 0.270 e. The molecule has 2 aliphatic heterocycles. The predicted octanol–water partition coefficient (Wildman–Crippen LogP) is 3.80. The van der Waals surface area contributed by atoms with Gasteiger partial charge in [-0.3, -0.25) is 14.6 Å². The Kier molecular flexibility index (Phi) is 4.01. The Morgan fingerprint density at radius 3 is 2.82 bits per heavy atom. The maximum atomic E-state index is 12.5. The average molecular weight is 323 g/mol. The van der Waals surface area contributed by atoms with Gasteiger partial charge in [0.05, 0.1) is 22.3 Å². The summed E-state index contributed by atoms with van der Waals surface area (Å²) in [6.45, 7) is 11.3. The van der Waals surface area contributed by atoms with Crippen molar-refractivity contribution >= 4 is 22.6 Å². The molecule has 3 heterocycles. The summed E-state index contributed by atoms with van der Waals surface area (Å²) >= 11 is 1.70. The number of fused-ring (bicyclic) bond motifs is 1. The van der Waals surface area contributed by atoms with E-state index in [1.54, 1.807) is 11.8 Å². The second kappa shape index (κ2) is 5.57. The Balaban J connectivity index is 2.05. The summed E-state index contributed by atoms with van der Waals surface area (Å²) in [6.07, 6.45) is 1.80. The fraction of sp³-hybridized carbons (Fsp3) is 0.750. The molecule has 1 aromatic rings. The first kappa shape index (κ1) is 15.9. The maximum Gasteiger partial charge on any atom is 0.270 e. The van der Waals surface area contributed by atoms with Crippen LogP contribution in [0.25, 0.3) is 0 Å². The highest BCUT2D eigenvalue weighted by Gasteiger charge is 2.35. The number of H-pyrrole nitrogens is 1. The zero-order chi connectivity index (χ0) is 16.1. The number of aliphatic imine (C=N–C) groups is 1. The largest absolute Gasteiger partial charge is 0.375 e. The van der Waals surface area contributed by atoms with Crippen LogP contribution < -0.4 is 5.56 Å². The molecule has 1 fully saturated rings. The van der Waals surface area contributed by atoms with Crippen molar-refractivity contribution in [2.75, 3.05) is 6.61 Å². The summed E-state index contributed by atoms with van der Waals surface area (Å²) in [4.78, 5) is 17.2. The van der Waals surface area contributed by atoms with E-state index >= 15 is 0 Å². The van der Waals surface area contributed by atoms with Gasteiger partial charge in [0.2, 0.25) is 0 Å². The van der Waals surface area contributed by atoms with E-state index in [9.17, 15) is 4.79 Å². The monoisotopic (exact) mass is 323 g/mol. The van der Waals surface area contributed by atoms with Crippen LogP contribution in [-0.2, 0) is 4.74 Å². The first-order valence-electron chi connectivity index (χ1n) is 7.99. The Morgan fingerprint density at radius 2 is 2.18 bits per heavy atom. The molecule has 122 valence electrons. The number of aromatic amines is 1. The van der Waals surface area contributed by atoms with E-state index in [2.05, 4.69) is 32.8 Å². The van der Waals surface area contributed by atoms with Crippen molar-refractivity contribution in [3.63, 3.8) is 0 Å². The third-order valence-corrected chi connectivity index (χ3v) is 5.89. The van der Waals surface area contributed by atoms with E-state index in [1.807, 2.05) is 11.6 Å². The van der Waals surface area contributed by atoms with Crippen LogP contribution in [0.2, 0.25) is 0 Å². The summed E-state index contributed by atoms with van der Waals surface area (Å²) in [7, 11) is 0. The molecule has 0 saturated carbocycles. The van der Waals surface area contributed by atoms with Gasteiger partial charge in [-0.2, -0.15) is 0 Å². The lowest BCUT2D eigenvalue weighted by Gasteiger charge is -2.36. The van der Waals surface area contributed by atoms with E-state index in [0.717, 1.165) is 35.9 Å². The lowest BCUT2D eigenvalue weighted by Crippen LogP contribution is -2.35. The molecule has 0 aromatic carbocycles. The average Bonchev–Trinajstić information content (AvgIpc) is 2.74. The van der Waals surface area contributed by atoms with E-state index < -0.39 is 0 Å². The van der Waals surface area contributed by atoms with E-state index in [-0.39, 0.29) is 22.5 Å². The molecular weight excluding hydrogens is 298 g/mol. The summed E-state index contributed by atoms with van der Waals surface area (Å²) < 4.78 is 7.80. The SMILES string of the molecule is CC1=Nc2c(c(=O)[nH]n2[C@@H]2CCOC(C)(C)C2)[C@H](C(C)C)S1. The number of hydrogen-bond donors (Lipinski definition) is 1. The van der Waals surface area contributed by atoms with Gasteiger partial charge < -0.3 is 4.74 Å². The quantitative estimate of drug-likeness (QED) is 0.900. The summed E-state index contributed by atoms with van der Waals surface area (Å²) in [6, 6.07) is 0.243. The van der Waals surface area contributed by atoms with Crippen molar-refractivity contribution in [2.45, 2.75) is 64.4 Å². The molecule has 0 aliphatic carbocycles. The van der Waals surface area contributed by atoms with Crippen LogP contribution in [0.3, 0.4) is 0 Å². The Morgan fingerprint density at radius 1 is 1.45 bits per heavy atom. The van der Waals surface area contributed by atoms with Gasteiger partial charge in [-0.15, -0.1) is 11.8 Å². The van der Waals surface area contributed by atoms with E-state index in [4.69, 9.17) is 9.73 Å². The van der Waals surface area contributed by atoms with Crippen molar-refractivity contribution in [3.8, 4) is 0 Å². The third-order valence-electron chi connectivity index (χ3n) is 4.42. The standard InChI is InChI=1S/C16H25N3O2S/c1-9(2)13-12-14(17-10(3)22-13)19(18-15(12)20)11-6-7-21-16(4,5)8-11/h9,11,13H,6-8H2,1-5H3,(H,18,20)/t11-,13+/m1/s1. The zero-order valence-corrected chi connectivity index (χ0v) is 14.8. The second-order valence-corrected chi connectivity index (χ2v) is 8.55. The number of hydrogen-bond acceptors (Lipinski definition) is 4. The van der Waals surface area contributed by atoms with Crippen molar-refractivity contribution in [3.05, 3.63) is 15.9 Å². The molecule has 6 heteroatoms. The van der Waals surface area contributed by atoms with Crippen LogP contribution >= 0.6 is 11.8 Å². The van der Waals surface area contributed by atoms with E-state index in [0.29, 0.717) is 5.92 Å². The number of ether oxygens (including phenoxy) is 1. The fourth-order valence-electron chi connectivity index (χ4n) is 3.40. The maximum absolute atomic E-state index is 12.5. The summed E-state index contributed by atoms with van der Waals surface area (Å²) in [5.41, 5.74) is 0.702. The van der Waals surface area contributed by atoms with Gasteiger partial charge in [-0.1, -0.05) is 13.8 Å². The van der Waals surface area contributed by atoms with Crippen LogP contribution in [-0.4, -0.2) is 27.0 Å². The van der Waals surface area contributed by atoms with Crippen LogP contribution in [0.1, 0.15) is 64.3 Å². The normalized spacial score (nSPS) is 27.6. The minimum Gasteiger partial charge on any atom is -0.375 e. The van der Waals surface area contributed by atoms with Gasteiger partial charge in [0.15, 0.2) is 5.82 Å². The number of thioether (sulfide) groups is 1. The van der Waals surface area contributed by atoms with Gasteiger partial charge in [0, 0.05) is 11.9 Å². The molecule has 1 aromatic heterocycles. The molecule has 0 radical (unpaired) electrons. The number of aromatic nitrogens is 2. The first-order valence-corrected chi connectivity index (χ1v) is 8.87. The molecule has 0 spiro atoms. The highest BCUT2D eigenvalue weighted by Crippen LogP contribution is 2.45. The molecule has 1 saturated heterocycles. The number of rotatable bonds is 2. The number of nitrogens with zero attached hydrogens (tertiary/aromatic N) is 2. The van der Waals surface area contributed by atoms with Gasteiger partial charge in [-0.25, -0.2) is 4.99 Å². The Hall–Kier alpha value is -1.01. The van der Waals surface area contributed by atoms with E-state index in [1.165, 1.54) is 0 Å². The van der Waals surface area contributed by atoms with Crippen molar-refractivity contribution < 1.29 is 4.74 Å². The molecule has 0 amide bonds. The molecule has 0 bridgehead atoms. The van der Waals surface area contributed by atoms with Crippen molar-refractivity contribution in [1.82, 2.24) is 9.78 Å². The van der Waals surface area contributed by atoms with Gasteiger partial charge in [0.25, 0.3) is 5.56 Å². The Bertz CT molecular complexity index is 657. The summed E-state index contributed by atoms with van der Waals surface area (Å²) in [5.74, 6) is 1.24. The highest BCUT2D eigenvalue weighted by atomic mass is 32.2. The Labute approximate surface area is 135 Å². The minimum absolute atomic E-state index is 0.0155. The first-order chi connectivity index (χ1) is 10.3. The summed E-state index contributed by atoms with van der Waals surface area (Å²) in [5, 5.41) is 4.27. The number of nitrogens with one attached hydrogen (secondary N) is 1. The van der Waals surface area contributed by atoms with Crippen LogP contribution in [0, 0.1) is 5.92 Å². The predicted molar refractivity (Wildman–Crippen MR) is 91.3 cm³/mol. The lowest BCUT2D eigenvalue weighted by molar-refractivity contribution is -0.0705. The van der Waals surface area contributed by atoms with Crippen molar-refractivity contribution in [1.29, 1.82) is 0 Å². The molecule has 0 unspecified atom stereocenters. The van der Waals surface area contributed by atoms with Crippen LogP contribution in [0.4, 0.5) is 5.82 Å². The molecule has 1 N–H and O–H groups in total. The molecular formula is C16H25N3O2S. The van der Waals surface area contributed by atoms with Crippen LogP contribution in [0.5, 0.6) is 0 Å². The minimum atomic E-state index is -0.156. The second-order valence-electron chi connectivity index (χ2n) is 7.22. The van der Waals surface area contributed by atoms with Crippen molar-refractivity contribution in [2.24, 2.45) is 10.9 Å². The lowest BCUT2D eigenvalue weighted by atomic mass is 9.94. The van der Waals surface area contributed by atoms with Crippen LogP contribution in [0.15, 0.2) is 9.79 Å². The van der Waals surface area contributed by atoms with Gasteiger partial charge in [0.1, 0.15) is 0 Å². The fourth-order valence-corrected chi connectivity index (χ4v) is 4.51. The highest BCUT2D eigenvalue weighted by molar-refractivity contribution is 8.14. The third kappa shape index (κ3) is 2.78. The zero-order valence-electron chi connectivity index (χ0n) is 14.0. The van der Waals surface area contributed by atoms with Gasteiger partial charge in [-0.05, 0) is 39.5 Å².